The van der Waals surface area contributed by atoms with Gasteiger partial charge in [-0.25, -0.2) is 0 Å². The van der Waals surface area contributed by atoms with Crippen molar-refractivity contribution in [3.63, 3.8) is 0 Å². The van der Waals surface area contributed by atoms with Crippen molar-refractivity contribution in [3.8, 4) is 11.5 Å². The number of ether oxygens (including phenoxy) is 2. The Labute approximate surface area is 183 Å². The van der Waals surface area contributed by atoms with E-state index in [1.165, 1.54) is 28.7 Å². The van der Waals surface area contributed by atoms with Crippen molar-refractivity contribution in [1.82, 2.24) is 15.5 Å². The Morgan fingerprint density at radius 1 is 1.17 bits per heavy atom. The third-order valence-electron chi connectivity index (χ3n) is 4.58. The van der Waals surface area contributed by atoms with E-state index in [0.717, 1.165) is 26.9 Å². The fraction of sp³-hybridized carbons (Fsp3) is 0.286. The average Bonchev–Trinajstić information content (AvgIpc) is 3.37. The number of hydrogen-bond acceptors (Lipinski definition) is 8. The Hall–Kier alpha value is -2.78. The number of benzene rings is 2. The van der Waals surface area contributed by atoms with Crippen LogP contribution in [0.25, 0.3) is 0 Å². The first kappa shape index (κ1) is 20.5. The fourth-order valence-electron chi connectivity index (χ4n) is 2.97. The summed E-state index contributed by atoms with van der Waals surface area (Å²) in [5, 5.41) is 15.1. The monoisotopic (exact) mass is 442 g/mol. The molecule has 1 aromatic heterocycles. The minimum Gasteiger partial charge on any atom is -0.454 e. The molecule has 0 spiro atoms. The molecule has 1 amide bonds. The van der Waals surface area contributed by atoms with Gasteiger partial charge in [0.05, 0.1) is 5.25 Å². The Morgan fingerprint density at radius 2 is 2.00 bits per heavy atom. The number of nitrogens with zero attached hydrogens (tertiary/aromatic N) is 2. The molecular weight excluding hydrogens is 420 g/mol. The van der Waals surface area contributed by atoms with Crippen molar-refractivity contribution in [1.29, 1.82) is 0 Å². The molecule has 1 aliphatic rings. The van der Waals surface area contributed by atoms with Gasteiger partial charge in [0.2, 0.25) is 17.8 Å². The van der Waals surface area contributed by atoms with Crippen LogP contribution in [0.5, 0.6) is 11.5 Å². The molecule has 3 aromatic rings. The van der Waals surface area contributed by atoms with E-state index in [0.29, 0.717) is 17.4 Å². The van der Waals surface area contributed by atoms with E-state index in [1.807, 2.05) is 31.2 Å². The zero-order chi connectivity index (χ0) is 21.1. The van der Waals surface area contributed by atoms with Crippen LogP contribution < -0.4 is 20.1 Å². The summed E-state index contributed by atoms with van der Waals surface area (Å²) >= 11 is 2.83. The zero-order valence-electron chi connectivity index (χ0n) is 16.9. The second-order valence-corrected chi connectivity index (χ2v) is 9.55. The summed E-state index contributed by atoms with van der Waals surface area (Å²) in [6, 6.07) is 11.9. The Morgan fingerprint density at radius 3 is 2.83 bits per heavy atom. The van der Waals surface area contributed by atoms with E-state index in [4.69, 9.17) is 9.47 Å². The first-order valence-corrected chi connectivity index (χ1v) is 11.2. The van der Waals surface area contributed by atoms with E-state index in [2.05, 4.69) is 46.8 Å². The van der Waals surface area contributed by atoms with E-state index in [9.17, 15) is 4.79 Å². The lowest BCUT2D eigenvalue weighted by Crippen LogP contribution is -2.30. The first-order chi connectivity index (χ1) is 14.5. The minimum atomic E-state index is -0.291. The van der Waals surface area contributed by atoms with Crippen LogP contribution in [0.15, 0.2) is 40.7 Å². The van der Waals surface area contributed by atoms with Crippen LogP contribution in [-0.2, 0) is 11.3 Å². The molecule has 0 unspecified atom stereocenters. The van der Waals surface area contributed by atoms with E-state index < -0.39 is 0 Å². The number of rotatable bonds is 7. The second kappa shape index (κ2) is 8.93. The maximum atomic E-state index is 12.5. The molecule has 4 rings (SSSR count). The van der Waals surface area contributed by atoms with Gasteiger partial charge in [-0.1, -0.05) is 46.9 Å². The van der Waals surface area contributed by atoms with Gasteiger partial charge in [0, 0.05) is 12.2 Å². The molecule has 30 heavy (non-hydrogen) atoms. The molecule has 0 radical (unpaired) electrons. The number of hydrogen-bond donors (Lipinski definition) is 2. The molecule has 2 aromatic carbocycles. The van der Waals surface area contributed by atoms with Gasteiger partial charge in [0.25, 0.3) is 0 Å². The van der Waals surface area contributed by atoms with Crippen LogP contribution in [0.1, 0.15) is 23.6 Å². The van der Waals surface area contributed by atoms with Crippen molar-refractivity contribution in [2.45, 2.75) is 36.9 Å². The average molecular weight is 443 g/mol. The number of nitrogens with one attached hydrogen (secondary N) is 2. The highest BCUT2D eigenvalue weighted by Crippen LogP contribution is 2.33. The fourth-order valence-corrected chi connectivity index (χ4v) is 4.90. The van der Waals surface area contributed by atoms with Gasteiger partial charge in [-0.15, -0.1) is 10.2 Å². The summed E-state index contributed by atoms with van der Waals surface area (Å²) in [6.45, 7) is 6.64. The number of anilines is 2. The lowest BCUT2D eigenvalue weighted by Gasteiger charge is -2.10. The summed E-state index contributed by atoms with van der Waals surface area (Å²) in [5.74, 6) is 1.38. The predicted molar refractivity (Wildman–Crippen MR) is 119 cm³/mol. The van der Waals surface area contributed by atoms with Crippen LogP contribution in [0, 0.1) is 13.8 Å². The standard InChI is InChI=1S/C21H22N4O3S2/c1-12-4-6-16(13(2)8-12)23-20-24-25-21(30-20)29-14(3)19(26)22-10-15-5-7-17-18(9-15)28-11-27-17/h4-9,14H,10-11H2,1-3H3,(H,22,26)(H,23,24)/t14-/m0/s1. The van der Waals surface area contributed by atoms with Crippen LogP contribution in [0.2, 0.25) is 0 Å². The molecule has 0 fully saturated rings. The van der Waals surface area contributed by atoms with Crippen LogP contribution in [0.4, 0.5) is 10.8 Å². The lowest BCUT2D eigenvalue weighted by atomic mass is 10.1. The van der Waals surface area contributed by atoms with Crippen molar-refractivity contribution in [2.24, 2.45) is 0 Å². The van der Waals surface area contributed by atoms with Crippen LogP contribution in [-0.4, -0.2) is 28.1 Å². The Kier molecular flexibility index (Phi) is 6.10. The predicted octanol–water partition coefficient (Wildman–Crippen LogP) is 4.42. The summed E-state index contributed by atoms with van der Waals surface area (Å²) in [5.41, 5.74) is 4.33. The molecule has 1 aliphatic heterocycles. The molecule has 0 saturated heterocycles. The number of carbonyl (C=O) groups excluding carboxylic acids is 1. The number of aryl methyl sites for hydroxylation is 2. The molecule has 0 saturated carbocycles. The molecule has 0 aliphatic carbocycles. The maximum absolute atomic E-state index is 12.5. The largest absolute Gasteiger partial charge is 0.454 e. The number of amides is 1. The molecule has 1 atom stereocenters. The highest BCUT2D eigenvalue weighted by atomic mass is 32.2. The maximum Gasteiger partial charge on any atom is 0.233 e. The third kappa shape index (κ3) is 4.85. The summed E-state index contributed by atoms with van der Waals surface area (Å²) in [4.78, 5) is 12.5. The molecule has 9 heteroatoms. The van der Waals surface area contributed by atoms with Gasteiger partial charge in [0.15, 0.2) is 15.8 Å². The van der Waals surface area contributed by atoms with Gasteiger partial charge >= 0.3 is 0 Å². The van der Waals surface area contributed by atoms with Crippen molar-refractivity contribution >= 4 is 39.8 Å². The molecule has 0 bridgehead atoms. The highest BCUT2D eigenvalue weighted by molar-refractivity contribution is 8.02. The summed E-state index contributed by atoms with van der Waals surface area (Å²) in [7, 11) is 0. The molecule has 7 nitrogen and oxygen atoms in total. The second-order valence-electron chi connectivity index (χ2n) is 6.98. The quantitative estimate of drug-likeness (QED) is 0.524. The van der Waals surface area contributed by atoms with Gasteiger partial charge < -0.3 is 20.1 Å². The van der Waals surface area contributed by atoms with Gasteiger partial charge in [-0.3, -0.25) is 4.79 Å². The summed E-state index contributed by atoms with van der Waals surface area (Å²) < 4.78 is 11.4. The van der Waals surface area contributed by atoms with E-state index in [-0.39, 0.29) is 18.0 Å². The minimum absolute atomic E-state index is 0.0586. The number of carbonyl (C=O) groups is 1. The zero-order valence-corrected chi connectivity index (χ0v) is 18.5. The molecule has 2 N–H and O–H groups in total. The molecular formula is C21H22N4O3S2. The molecule has 2 heterocycles. The topological polar surface area (TPSA) is 85.4 Å². The summed E-state index contributed by atoms with van der Waals surface area (Å²) in [6.07, 6.45) is 0. The van der Waals surface area contributed by atoms with Gasteiger partial charge in [-0.2, -0.15) is 0 Å². The molecule has 156 valence electrons. The van der Waals surface area contributed by atoms with Gasteiger partial charge in [-0.05, 0) is 50.1 Å². The number of thioether (sulfide) groups is 1. The Bertz CT molecular complexity index is 1070. The van der Waals surface area contributed by atoms with Crippen molar-refractivity contribution < 1.29 is 14.3 Å². The van der Waals surface area contributed by atoms with Gasteiger partial charge in [0.1, 0.15) is 0 Å². The number of fused-ring (bicyclic) bond motifs is 1. The lowest BCUT2D eigenvalue weighted by molar-refractivity contribution is -0.120. The third-order valence-corrected chi connectivity index (χ3v) is 6.60. The SMILES string of the molecule is Cc1ccc(Nc2nnc(S[C@@H](C)C(=O)NCc3ccc4c(c3)OCO4)s2)c(C)c1. The smallest absolute Gasteiger partial charge is 0.233 e. The van der Waals surface area contributed by atoms with Crippen molar-refractivity contribution in [2.75, 3.05) is 12.1 Å². The first-order valence-electron chi connectivity index (χ1n) is 9.48. The van der Waals surface area contributed by atoms with Crippen molar-refractivity contribution in [3.05, 3.63) is 53.1 Å². The van der Waals surface area contributed by atoms with E-state index in [1.54, 1.807) is 0 Å². The van der Waals surface area contributed by atoms with E-state index >= 15 is 0 Å². The Balaban J connectivity index is 1.30. The van der Waals surface area contributed by atoms with Crippen LogP contribution >= 0.6 is 23.1 Å². The highest BCUT2D eigenvalue weighted by Gasteiger charge is 2.18. The normalized spacial score (nSPS) is 13.2. The number of aromatic nitrogens is 2. The van der Waals surface area contributed by atoms with Crippen LogP contribution in [0.3, 0.4) is 0 Å².